The molecule has 1 atom stereocenters. The van der Waals surface area contributed by atoms with Gasteiger partial charge in [-0.2, -0.15) is 0 Å². The van der Waals surface area contributed by atoms with Crippen molar-refractivity contribution < 1.29 is 9.63 Å². The zero-order valence-corrected chi connectivity index (χ0v) is 14.5. The van der Waals surface area contributed by atoms with Crippen molar-refractivity contribution in [3.8, 4) is 0 Å². The second-order valence-electron chi connectivity index (χ2n) is 6.32. The summed E-state index contributed by atoms with van der Waals surface area (Å²) in [6.07, 6.45) is 5.61. The first kappa shape index (κ1) is 15.7. The highest BCUT2D eigenvalue weighted by molar-refractivity contribution is 7.09. The van der Waals surface area contributed by atoms with Crippen molar-refractivity contribution in [2.24, 2.45) is 0 Å². The van der Waals surface area contributed by atoms with Gasteiger partial charge in [-0.05, 0) is 19.8 Å². The average molecular weight is 347 g/mol. The van der Waals surface area contributed by atoms with E-state index in [9.17, 15) is 4.79 Å². The Morgan fingerprint density at radius 1 is 1.46 bits per heavy atom. The number of thiazole rings is 1. The molecule has 4 heterocycles. The van der Waals surface area contributed by atoms with Crippen molar-refractivity contribution in [2.75, 3.05) is 19.7 Å². The SMILES string of the molecule is Cc1nc(CN2Cc3cncn3[C@@H](C(=O)N3CCCCO3)C2)cs1. The predicted molar refractivity (Wildman–Crippen MR) is 89.1 cm³/mol. The molecule has 2 aliphatic heterocycles. The van der Waals surface area contributed by atoms with E-state index in [1.54, 1.807) is 17.7 Å². The quantitative estimate of drug-likeness (QED) is 0.847. The lowest BCUT2D eigenvalue weighted by atomic mass is 10.1. The zero-order chi connectivity index (χ0) is 16.5. The first-order chi connectivity index (χ1) is 11.7. The largest absolute Gasteiger partial charge is 0.319 e. The van der Waals surface area contributed by atoms with Gasteiger partial charge in [-0.25, -0.2) is 15.0 Å². The van der Waals surface area contributed by atoms with Gasteiger partial charge in [0.15, 0.2) is 0 Å². The van der Waals surface area contributed by atoms with Crippen molar-refractivity contribution in [1.29, 1.82) is 0 Å². The molecule has 7 nitrogen and oxygen atoms in total. The van der Waals surface area contributed by atoms with Crippen LogP contribution >= 0.6 is 11.3 Å². The van der Waals surface area contributed by atoms with E-state index in [-0.39, 0.29) is 11.9 Å². The van der Waals surface area contributed by atoms with Crippen LogP contribution in [0.4, 0.5) is 0 Å². The Hall–Kier alpha value is -1.77. The van der Waals surface area contributed by atoms with E-state index in [1.807, 2.05) is 17.7 Å². The number of imidazole rings is 1. The van der Waals surface area contributed by atoms with E-state index in [1.165, 1.54) is 5.06 Å². The molecule has 0 radical (unpaired) electrons. The lowest BCUT2D eigenvalue weighted by Gasteiger charge is -2.36. The number of hydroxylamine groups is 2. The molecule has 0 unspecified atom stereocenters. The predicted octanol–water partition coefficient (Wildman–Crippen LogP) is 1.76. The number of fused-ring (bicyclic) bond motifs is 1. The van der Waals surface area contributed by atoms with Crippen molar-refractivity contribution >= 4 is 17.2 Å². The second kappa shape index (κ2) is 6.62. The Bertz CT molecular complexity index is 722. The molecule has 1 saturated heterocycles. The van der Waals surface area contributed by atoms with Gasteiger partial charge < -0.3 is 4.57 Å². The van der Waals surface area contributed by atoms with Crippen LogP contribution in [0.2, 0.25) is 0 Å². The summed E-state index contributed by atoms with van der Waals surface area (Å²) in [6, 6.07) is -0.283. The molecule has 2 aromatic rings. The summed E-state index contributed by atoms with van der Waals surface area (Å²) in [4.78, 5) is 29.5. The molecule has 2 aliphatic rings. The van der Waals surface area contributed by atoms with Gasteiger partial charge in [0.25, 0.3) is 5.91 Å². The monoisotopic (exact) mass is 347 g/mol. The highest BCUT2D eigenvalue weighted by Crippen LogP contribution is 2.25. The van der Waals surface area contributed by atoms with Gasteiger partial charge >= 0.3 is 0 Å². The summed E-state index contributed by atoms with van der Waals surface area (Å²) in [7, 11) is 0. The maximum absolute atomic E-state index is 12.9. The molecule has 0 saturated carbocycles. The fourth-order valence-electron chi connectivity index (χ4n) is 3.33. The van der Waals surface area contributed by atoms with Crippen LogP contribution in [0.15, 0.2) is 17.9 Å². The van der Waals surface area contributed by atoms with Gasteiger partial charge in [-0.15, -0.1) is 11.3 Å². The Kier molecular flexibility index (Phi) is 4.34. The number of nitrogens with zero attached hydrogens (tertiary/aromatic N) is 5. The number of carbonyl (C=O) groups excluding carboxylic acids is 1. The van der Waals surface area contributed by atoms with Gasteiger partial charge in [0.05, 0.1) is 29.3 Å². The molecular weight excluding hydrogens is 326 g/mol. The fraction of sp³-hybridized carbons (Fsp3) is 0.562. The van der Waals surface area contributed by atoms with Crippen molar-refractivity contribution in [3.05, 3.63) is 34.3 Å². The molecule has 0 N–H and O–H groups in total. The van der Waals surface area contributed by atoms with Gasteiger partial charge in [0.2, 0.25) is 0 Å². The normalized spacial score (nSPS) is 21.7. The van der Waals surface area contributed by atoms with E-state index < -0.39 is 0 Å². The number of aryl methyl sites for hydroxylation is 1. The summed E-state index contributed by atoms with van der Waals surface area (Å²) in [5.74, 6) is 0.0214. The minimum Gasteiger partial charge on any atom is -0.319 e. The molecule has 1 amide bonds. The van der Waals surface area contributed by atoms with E-state index in [4.69, 9.17) is 4.84 Å². The van der Waals surface area contributed by atoms with Gasteiger partial charge in [0, 0.05) is 37.8 Å². The third-order valence-corrected chi connectivity index (χ3v) is 5.31. The Morgan fingerprint density at radius 2 is 2.38 bits per heavy atom. The molecular formula is C16H21N5O2S. The first-order valence-electron chi connectivity index (χ1n) is 8.29. The zero-order valence-electron chi connectivity index (χ0n) is 13.7. The maximum atomic E-state index is 12.9. The minimum absolute atomic E-state index is 0.0214. The lowest BCUT2D eigenvalue weighted by Crippen LogP contribution is -2.47. The second-order valence-corrected chi connectivity index (χ2v) is 7.38. The smallest absolute Gasteiger partial charge is 0.270 e. The molecule has 2 aromatic heterocycles. The van der Waals surface area contributed by atoms with E-state index in [0.717, 1.165) is 42.3 Å². The Morgan fingerprint density at radius 3 is 3.12 bits per heavy atom. The van der Waals surface area contributed by atoms with Crippen molar-refractivity contribution in [2.45, 2.75) is 38.9 Å². The molecule has 0 spiro atoms. The number of rotatable bonds is 3. The summed E-state index contributed by atoms with van der Waals surface area (Å²) in [6.45, 7) is 5.49. The fourth-order valence-corrected chi connectivity index (χ4v) is 3.93. The van der Waals surface area contributed by atoms with Crippen LogP contribution in [0.3, 0.4) is 0 Å². The van der Waals surface area contributed by atoms with E-state index in [0.29, 0.717) is 19.7 Å². The molecule has 0 bridgehead atoms. The van der Waals surface area contributed by atoms with Crippen LogP contribution in [0.1, 0.15) is 35.3 Å². The van der Waals surface area contributed by atoms with Gasteiger partial charge in [0.1, 0.15) is 6.04 Å². The number of amides is 1. The molecule has 24 heavy (non-hydrogen) atoms. The van der Waals surface area contributed by atoms with Crippen LogP contribution in [-0.2, 0) is 22.7 Å². The lowest BCUT2D eigenvalue weighted by molar-refractivity contribution is -0.201. The number of aromatic nitrogens is 3. The average Bonchev–Trinajstić information content (AvgIpc) is 3.23. The summed E-state index contributed by atoms with van der Waals surface area (Å²) >= 11 is 1.66. The summed E-state index contributed by atoms with van der Waals surface area (Å²) in [5.41, 5.74) is 2.12. The van der Waals surface area contributed by atoms with Crippen LogP contribution in [0.5, 0.6) is 0 Å². The van der Waals surface area contributed by atoms with Crippen LogP contribution < -0.4 is 0 Å². The number of hydrogen-bond acceptors (Lipinski definition) is 6. The highest BCUT2D eigenvalue weighted by Gasteiger charge is 2.34. The van der Waals surface area contributed by atoms with Crippen molar-refractivity contribution in [1.82, 2.24) is 24.5 Å². The third-order valence-electron chi connectivity index (χ3n) is 4.48. The Balaban J connectivity index is 1.53. The van der Waals surface area contributed by atoms with E-state index in [2.05, 4.69) is 20.2 Å². The van der Waals surface area contributed by atoms with Crippen LogP contribution in [0, 0.1) is 6.92 Å². The topological polar surface area (TPSA) is 63.5 Å². The molecule has 128 valence electrons. The van der Waals surface area contributed by atoms with Crippen molar-refractivity contribution in [3.63, 3.8) is 0 Å². The molecule has 0 aromatic carbocycles. The summed E-state index contributed by atoms with van der Waals surface area (Å²) < 4.78 is 1.99. The van der Waals surface area contributed by atoms with E-state index >= 15 is 0 Å². The minimum atomic E-state index is -0.283. The Labute approximate surface area is 144 Å². The first-order valence-corrected chi connectivity index (χ1v) is 9.17. The molecule has 4 rings (SSSR count). The number of hydrogen-bond donors (Lipinski definition) is 0. The van der Waals surface area contributed by atoms with Gasteiger partial charge in [-0.1, -0.05) is 0 Å². The molecule has 8 heteroatoms. The highest BCUT2D eigenvalue weighted by atomic mass is 32.1. The molecule has 1 fully saturated rings. The van der Waals surface area contributed by atoms with Gasteiger partial charge in [-0.3, -0.25) is 14.5 Å². The maximum Gasteiger partial charge on any atom is 0.270 e. The molecule has 0 aliphatic carbocycles. The summed E-state index contributed by atoms with van der Waals surface area (Å²) in [5, 5.41) is 4.70. The standard InChI is InChI=1S/C16H21N5O2S/c1-12-18-13(10-24-12)7-19-8-14-6-17-11-20(14)15(9-19)16(22)21-4-2-3-5-23-21/h6,10-11,15H,2-5,7-9H2,1H3/t15-/m1/s1. The number of carbonyl (C=O) groups is 1. The third kappa shape index (κ3) is 3.09. The van der Waals surface area contributed by atoms with Crippen LogP contribution in [-0.4, -0.2) is 50.1 Å². The van der Waals surface area contributed by atoms with Crippen LogP contribution in [0.25, 0.3) is 0 Å².